The number of unbranched alkanes of at least 4 members (excludes halogenated alkanes) is 4. The van der Waals surface area contributed by atoms with Crippen LogP contribution in [0.2, 0.25) is 3.93 Å². The maximum atomic E-state index is 2.72. The van der Waals surface area contributed by atoms with Crippen molar-refractivity contribution in [1.29, 1.82) is 0 Å². The van der Waals surface area contributed by atoms with Crippen LogP contribution in [0.5, 0.6) is 0 Å². The Morgan fingerprint density at radius 3 is 1.69 bits per heavy atom. The van der Waals surface area contributed by atoms with Crippen LogP contribution >= 0.6 is 18.6 Å². The maximum absolute atomic E-state index is 2.72. The van der Waals surface area contributed by atoms with Crippen LogP contribution < -0.4 is 0 Å². The Labute approximate surface area is 104 Å². The van der Waals surface area contributed by atoms with Gasteiger partial charge >= 0.3 is 105 Å². The molecule has 0 amide bonds. The van der Waals surface area contributed by atoms with Crippen molar-refractivity contribution in [3.8, 4) is 0 Å². The van der Waals surface area contributed by atoms with E-state index in [0.717, 1.165) is 0 Å². The molecule has 2 radical (unpaired) electrons. The fourth-order valence-electron chi connectivity index (χ4n) is 1.53. The standard InChI is InChI=1S/C11H23.HI.Sn/c1-3-5-7-9-11-10-8-6-4-2;;/h11H,3-10H2,1-2H3;1H;/q;;+1/p-1. The third-order valence-electron chi connectivity index (χ3n) is 2.47. The van der Waals surface area contributed by atoms with Gasteiger partial charge in [0.2, 0.25) is 0 Å². The van der Waals surface area contributed by atoms with Gasteiger partial charge in [-0.15, -0.1) is 0 Å². The van der Waals surface area contributed by atoms with Crippen LogP contribution in [0.25, 0.3) is 0 Å². The molecule has 0 aromatic carbocycles. The molecule has 0 spiro atoms. The van der Waals surface area contributed by atoms with Crippen molar-refractivity contribution < 1.29 is 0 Å². The van der Waals surface area contributed by atoms with E-state index in [2.05, 4.69) is 32.5 Å². The van der Waals surface area contributed by atoms with Gasteiger partial charge in [0.25, 0.3) is 0 Å². The van der Waals surface area contributed by atoms with Crippen LogP contribution in [-0.2, 0) is 0 Å². The molecule has 0 atom stereocenters. The van der Waals surface area contributed by atoms with E-state index < -0.39 is 0 Å². The van der Waals surface area contributed by atoms with E-state index in [4.69, 9.17) is 0 Å². The second-order valence-electron chi connectivity index (χ2n) is 3.80. The minimum absolute atomic E-state index is 0.00979. The zero-order chi connectivity index (χ0) is 9.94. The van der Waals surface area contributed by atoms with Gasteiger partial charge in [-0.2, -0.15) is 0 Å². The first kappa shape index (κ1) is 14.5. The summed E-state index contributed by atoms with van der Waals surface area (Å²) in [6.07, 6.45) is 11.8. The van der Waals surface area contributed by atoms with Crippen LogP contribution in [0.4, 0.5) is 0 Å². The molecule has 0 heterocycles. The first-order valence-corrected chi connectivity index (χ1v) is 15.7. The van der Waals surface area contributed by atoms with E-state index in [9.17, 15) is 0 Å². The third-order valence-corrected chi connectivity index (χ3v) is 10.9. The average Bonchev–Trinajstić information content (AvgIpc) is 2.16. The fraction of sp³-hybridized carbons (Fsp3) is 1.00. The van der Waals surface area contributed by atoms with E-state index in [1.165, 1.54) is 42.5 Å². The van der Waals surface area contributed by atoms with E-state index in [-0.39, 0.29) is 17.2 Å². The minimum atomic E-state index is -0.00979. The first-order chi connectivity index (χ1) is 6.35. The molecule has 0 nitrogen and oxygen atoms in total. The number of rotatable bonds is 9. The van der Waals surface area contributed by atoms with Gasteiger partial charge in [0.1, 0.15) is 0 Å². The molecule has 0 unspecified atom stereocenters. The molecule has 13 heavy (non-hydrogen) atoms. The molecule has 0 N–H and O–H groups in total. The Morgan fingerprint density at radius 2 is 1.38 bits per heavy atom. The quantitative estimate of drug-likeness (QED) is 0.290. The first-order valence-electron chi connectivity index (χ1n) is 5.71. The number of hydrogen-bond donors (Lipinski definition) is 0. The average molecular weight is 401 g/mol. The second-order valence-corrected chi connectivity index (χ2v) is 10.9. The Morgan fingerprint density at radius 1 is 0.923 bits per heavy atom. The summed E-state index contributed by atoms with van der Waals surface area (Å²) >= 11 is 2.71. The Hall–Kier alpha value is 1.53. The zero-order valence-corrected chi connectivity index (χ0v) is 14.1. The molecule has 0 aromatic heterocycles. The molecule has 0 aromatic rings. The Balaban J connectivity index is 3.28. The molecule has 0 saturated heterocycles. The fourth-order valence-corrected chi connectivity index (χ4v) is 7.50. The molecular formula is C11H23ISn. The van der Waals surface area contributed by atoms with Crippen molar-refractivity contribution in [2.24, 2.45) is 0 Å². The van der Waals surface area contributed by atoms with Crippen molar-refractivity contribution in [2.75, 3.05) is 0 Å². The van der Waals surface area contributed by atoms with Crippen LogP contribution in [0.1, 0.15) is 65.2 Å². The van der Waals surface area contributed by atoms with Crippen molar-refractivity contribution in [1.82, 2.24) is 0 Å². The molecule has 0 aliphatic carbocycles. The van der Waals surface area contributed by atoms with Gasteiger partial charge in [-0.3, -0.25) is 0 Å². The summed E-state index contributed by atoms with van der Waals surface area (Å²) in [5.74, 6) is 0. The van der Waals surface area contributed by atoms with Crippen molar-refractivity contribution in [3.05, 3.63) is 0 Å². The summed E-state index contributed by atoms with van der Waals surface area (Å²) in [7, 11) is 0. The van der Waals surface area contributed by atoms with Crippen LogP contribution in [0.3, 0.4) is 0 Å². The molecule has 0 rings (SSSR count). The summed E-state index contributed by atoms with van der Waals surface area (Å²) in [6, 6.07) is 0. The van der Waals surface area contributed by atoms with Crippen molar-refractivity contribution >= 4 is 35.8 Å². The summed E-state index contributed by atoms with van der Waals surface area (Å²) in [4.78, 5) is 0. The molecule has 78 valence electrons. The zero-order valence-electron chi connectivity index (χ0n) is 9.11. The van der Waals surface area contributed by atoms with Crippen LogP contribution in [0.15, 0.2) is 0 Å². The van der Waals surface area contributed by atoms with Gasteiger partial charge in [0.05, 0.1) is 0 Å². The van der Waals surface area contributed by atoms with Crippen molar-refractivity contribution in [2.45, 2.75) is 69.1 Å². The molecule has 0 bridgehead atoms. The molecule has 0 saturated carbocycles. The topological polar surface area (TPSA) is 0 Å². The van der Waals surface area contributed by atoms with Gasteiger partial charge in [-0.25, -0.2) is 0 Å². The predicted molar refractivity (Wildman–Crippen MR) is 71.8 cm³/mol. The number of halogens is 1. The van der Waals surface area contributed by atoms with E-state index >= 15 is 0 Å². The Bertz CT molecular complexity index is 86.1. The molecule has 0 fully saturated rings. The van der Waals surface area contributed by atoms with E-state index in [1.807, 2.05) is 0 Å². The molecule has 2 heteroatoms. The van der Waals surface area contributed by atoms with Gasteiger partial charge in [-0.1, -0.05) is 0 Å². The van der Waals surface area contributed by atoms with Gasteiger partial charge in [0.15, 0.2) is 0 Å². The monoisotopic (exact) mass is 402 g/mol. The molecule has 0 aliphatic rings. The van der Waals surface area contributed by atoms with E-state index in [1.54, 1.807) is 12.8 Å². The summed E-state index contributed by atoms with van der Waals surface area (Å²) < 4.78 is 1.18. The normalized spacial score (nSPS) is 11.1. The third kappa shape index (κ3) is 9.82. The van der Waals surface area contributed by atoms with Crippen molar-refractivity contribution in [3.63, 3.8) is 0 Å². The summed E-state index contributed by atoms with van der Waals surface area (Å²) in [5.41, 5.74) is 0. The van der Waals surface area contributed by atoms with Gasteiger partial charge in [-0.05, 0) is 0 Å². The number of hydrogen-bond acceptors (Lipinski definition) is 0. The van der Waals surface area contributed by atoms with Gasteiger partial charge in [0, 0.05) is 0 Å². The second kappa shape index (κ2) is 11.6. The SMILES string of the molecule is CCCCC[CH](CCCCC)[Sn][I]. The summed E-state index contributed by atoms with van der Waals surface area (Å²) in [6.45, 7) is 4.60. The molecular weight excluding hydrogens is 378 g/mol. The van der Waals surface area contributed by atoms with Crippen LogP contribution in [-0.4, -0.2) is 17.2 Å². The predicted octanol–water partition coefficient (Wildman–Crippen LogP) is 4.99. The van der Waals surface area contributed by atoms with E-state index in [0.29, 0.717) is 0 Å². The summed E-state index contributed by atoms with van der Waals surface area (Å²) in [5, 5.41) is 0. The van der Waals surface area contributed by atoms with Crippen LogP contribution in [0, 0.1) is 0 Å². The molecule has 0 aliphatic heterocycles. The Kier molecular flexibility index (Phi) is 13.0. The van der Waals surface area contributed by atoms with Gasteiger partial charge < -0.3 is 0 Å².